The predicted octanol–water partition coefficient (Wildman–Crippen LogP) is -12.7. The van der Waals surface area contributed by atoms with Crippen molar-refractivity contribution < 1.29 is 152 Å². The van der Waals surface area contributed by atoms with Crippen molar-refractivity contribution in [2.24, 2.45) is 0 Å². The predicted molar refractivity (Wildman–Crippen MR) is 183 cm³/mol. The van der Waals surface area contributed by atoms with Gasteiger partial charge in [0.15, 0.2) is 75.8 Å². The normalized spacial score (nSPS) is 11.0. The summed E-state index contributed by atoms with van der Waals surface area (Å²) in [5.74, 6) is 1.56. The quantitative estimate of drug-likeness (QED) is 0.0638. The van der Waals surface area contributed by atoms with E-state index in [0.717, 1.165) is 21.9 Å². The number of hydrogen-bond acceptors (Lipinski definition) is 10. The minimum Gasteiger partial charge on any atom is -1.00 e. The molecule has 0 unspecified atom stereocenters. The molecule has 9 heterocycles. The molecule has 0 aromatic carbocycles. The van der Waals surface area contributed by atoms with E-state index in [9.17, 15) is 20.4 Å². The summed E-state index contributed by atoms with van der Waals surface area (Å²) in [5, 5.41) is 41.6. The SMILES string of the molecule is OCC[n+]1ccc2c(c1)-c1nc-2nc2[n-]c(nc3nc(nc4[n-]c(n1)c1cc[n+](CCO)cc41)-c1cc[n+](CCO)cc1-3)c1cc[n+](CCO)cc21.[Cu+2].[I-].[I-].[I-].[I-]. The Labute approximate surface area is 403 Å². The fourth-order valence-electron chi connectivity index (χ4n) is 6.63. The number of rotatable bonds is 8. The maximum atomic E-state index is 9.69. The van der Waals surface area contributed by atoms with Crippen LogP contribution in [-0.2, 0) is 43.2 Å². The van der Waals surface area contributed by atoms with E-state index < -0.39 is 0 Å². The molecule has 0 saturated heterocycles. The molecule has 21 heteroatoms. The van der Waals surface area contributed by atoms with Gasteiger partial charge in [-0.2, -0.15) is 0 Å². The monoisotopic (exact) mass is 1270 g/mol. The summed E-state index contributed by atoms with van der Waals surface area (Å²) >= 11 is 0. The Morgan fingerprint density at radius 3 is 1.04 bits per heavy atom. The molecule has 7 aromatic heterocycles. The average molecular weight is 1270 g/mol. The van der Waals surface area contributed by atoms with E-state index >= 15 is 0 Å². The number of hydrogen-bond donors (Lipinski definition) is 4. The first kappa shape index (κ1) is 46.9. The fourth-order valence-corrected chi connectivity index (χ4v) is 6.63. The molecule has 16 nitrogen and oxygen atoms in total. The third-order valence-corrected chi connectivity index (χ3v) is 9.13. The van der Waals surface area contributed by atoms with Crippen molar-refractivity contribution in [2.75, 3.05) is 26.4 Å². The van der Waals surface area contributed by atoms with Crippen LogP contribution >= 0.6 is 0 Å². The third-order valence-electron chi connectivity index (χ3n) is 9.13. The zero-order chi connectivity index (χ0) is 35.3. The number of aromatic nitrogens is 12. The number of fused-ring (bicyclic) bond motifs is 20. The smallest absolute Gasteiger partial charge is 1.00 e. The van der Waals surface area contributed by atoms with Crippen LogP contribution in [0.15, 0.2) is 73.8 Å². The van der Waals surface area contributed by atoms with E-state index in [1.807, 2.05) is 92.1 Å². The maximum Gasteiger partial charge on any atom is 2.00 e. The largest absolute Gasteiger partial charge is 2.00 e. The molecule has 0 aliphatic carbocycles. The van der Waals surface area contributed by atoms with Crippen molar-refractivity contribution >= 4 is 44.1 Å². The number of aliphatic hydroxyl groups is 4. The zero-order valence-corrected chi connectivity index (χ0v) is 39.1. The number of pyridine rings is 4. The molecule has 299 valence electrons. The molecule has 0 saturated carbocycles. The molecule has 57 heavy (non-hydrogen) atoms. The van der Waals surface area contributed by atoms with E-state index in [-0.39, 0.29) is 139 Å². The van der Waals surface area contributed by atoms with Crippen molar-refractivity contribution in [3.05, 3.63) is 73.8 Å². The van der Waals surface area contributed by atoms with Gasteiger partial charge >= 0.3 is 17.1 Å². The summed E-state index contributed by atoms with van der Waals surface area (Å²) in [5.41, 5.74) is 4.44. The van der Waals surface area contributed by atoms with Gasteiger partial charge in [-0.05, 0) is 0 Å². The molecular formula is C36H32CuI4N12O4. The molecule has 2 aliphatic rings. The van der Waals surface area contributed by atoms with E-state index in [2.05, 4.69) is 0 Å². The zero-order valence-electron chi connectivity index (χ0n) is 29.6. The van der Waals surface area contributed by atoms with Crippen LogP contribution in [0.2, 0.25) is 0 Å². The third kappa shape index (κ3) is 8.91. The van der Waals surface area contributed by atoms with Crippen molar-refractivity contribution in [3.63, 3.8) is 0 Å². The van der Waals surface area contributed by atoms with Gasteiger partial charge in [-0.3, -0.25) is 0 Å². The molecule has 9 rings (SSSR count). The minimum atomic E-state index is -0.0429. The number of halogens is 4. The molecule has 7 aromatic rings. The molecule has 8 bridgehead atoms. The Balaban J connectivity index is 0.00000144. The summed E-state index contributed by atoms with van der Waals surface area (Å²) in [4.78, 5) is 39.7. The van der Waals surface area contributed by atoms with Crippen LogP contribution in [0.3, 0.4) is 0 Å². The first-order valence-electron chi connectivity index (χ1n) is 16.8. The van der Waals surface area contributed by atoms with Crippen molar-refractivity contribution in [1.82, 2.24) is 39.9 Å². The van der Waals surface area contributed by atoms with Crippen LogP contribution in [0.4, 0.5) is 0 Å². The van der Waals surface area contributed by atoms with Gasteiger partial charge in [0.1, 0.15) is 26.4 Å². The topological polar surface area (TPSA) is 202 Å². The molecule has 4 N–H and O–H groups in total. The van der Waals surface area contributed by atoms with Crippen LogP contribution in [0.5, 0.6) is 0 Å². The van der Waals surface area contributed by atoms with Crippen LogP contribution in [0, 0.1) is 0 Å². The van der Waals surface area contributed by atoms with Crippen LogP contribution in [0.25, 0.3) is 89.7 Å². The minimum absolute atomic E-state index is 0. The summed E-state index contributed by atoms with van der Waals surface area (Å²) in [6.07, 6.45) is 15.0. The second kappa shape index (κ2) is 20.0. The van der Waals surface area contributed by atoms with Gasteiger partial charge < -0.3 is 146 Å². The summed E-state index contributed by atoms with van der Waals surface area (Å²) in [6.45, 7) is 1.35. The second-order valence-corrected chi connectivity index (χ2v) is 12.4. The van der Waals surface area contributed by atoms with Gasteiger partial charge in [0.05, 0.1) is 45.2 Å². The summed E-state index contributed by atoms with van der Waals surface area (Å²) < 4.78 is 7.46. The van der Waals surface area contributed by atoms with Crippen LogP contribution in [0.1, 0.15) is 0 Å². The Bertz CT molecular complexity index is 2570. The second-order valence-electron chi connectivity index (χ2n) is 12.4. The van der Waals surface area contributed by atoms with E-state index in [4.69, 9.17) is 39.9 Å². The molecule has 0 fully saturated rings. The molecule has 2 aliphatic heterocycles. The summed E-state index contributed by atoms with van der Waals surface area (Å²) in [7, 11) is 0. The Kier molecular flexibility index (Phi) is 16.5. The van der Waals surface area contributed by atoms with E-state index in [0.29, 0.717) is 94.0 Å². The summed E-state index contributed by atoms with van der Waals surface area (Å²) in [6, 6.07) is 7.57. The Hall–Kier alpha value is -2.76. The molecule has 1 radical (unpaired) electrons. The van der Waals surface area contributed by atoms with Gasteiger partial charge in [-0.15, -0.1) is 0 Å². The van der Waals surface area contributed by atoms with Gasteiger partial charge in [-0.25, -0.2) is 28.2 Å². The van der Waals surface area contributed by atoms with Crippen molar-refractivity contribution in [3.8, 4) is 45.6 Å². The van der Waals surface area contributed by atoms with Gasteiger partial charge in [0.25, 0.3) is 0 Å². The van der Waals surface area contributed by atoms with Crippen LogP contribution in [-0.4, -0.2) is 76.8 Å². The van der Waals surface area contributed by atoms with Gasteiger partial charge in [-0.1, -0.05) is 0 Å². The maximum absolute atomic E-state index is 9.69. The molecule has 0 atom stereocenters. The van der Waals surface area contributed by atoms with Crippen molar-refractivity contribution in [2.45, 2.75) is 26.2 Å². The standard InChI is InChI=1S/C36H32N12O4.Cu.4HI/c49-13-9-45-5-1-21-25(17-45)33-37-29(21)41-34-26-18-46(10-14-50)6-2-22(26)31(38-34)43-36-28-20-48(12-16-52)8-4-24(28)32(40-36)44-35-27-19-47(11-15-51)7-3-23(27)30(39-35)42-33;;;;;/h1-8,17-20,49-52H,9-16H2;;4*1H/q2*+2;;;;/p-4. The average Bonchev–Trinajstić information content (AvgIpc) is 3.87. The fraction of sp³-hybridized carbons (Fsp3) is 0.222. The first-order valence-corrected chi connectivity index (χ1v) is 16.8. The number of nitrogens with zero attached hydrogens (tertiary/aromatic N) is 12. The van der Waals surface area contributed by atoms with E-state index in [1.165, 1.54) is 0 Å². The molecule has 0 amide bonds. The van der Waals surface area contributed by atoms with Crippen molar-refractivity contribution in [1.29, 1.82) is 0 Å². The first-order chi connectivity index (χ1) is 25.5. The Morgan fingerprint density at radius 1 is 0.386 bits per heavy atom. The number of aliphatic hydroxyl groups excluding tert-OH is 4. The van der Waals surface area contributed by atoms with Gasteiger partial charge in [0.2, 0.25) is 0 Å². The Morgan fingerprint density at radius 2 is 0.684 bits per heavy atom. The van der Waals surface area contributed by atoms with E-state index in [1.54, 1.807) is 0 Å². The molecule has 0 spiro atoms. The molecular weight excluding hydrogens is 1240 g/mol. The van der Waals surface area contributed by atoms with Crippen LogP contribution < -0.4 is 124 Å². The van der Waals surface area contributed by atoms with Gasteiger partial charge in [0, 0.05) is 68.8 Å².